The molecule has 0 amide bonds. The number of ether oxygens (including phenoxy) is 5. The summed E-state index contributed by atoms with van der Waals surface area (Å²) in [7, 11) is 0. The van der Waals surface area contributed by atoms with Crippen molar-refractivity contribution in [2.75, 3.05) is 52.9 Å². The van der Waals surface area contributed by atoms with E-state index in [1.807, 2.05) is 13.8 Å². The largest absolute Gasteiger partial charge is 0.499 e. The molecule has 7 nitrogen and oxygen atoms in total. The van der Waals surface area contributed by atoms with E-state index in [0.717, 1.165) is 0 Å². The van der Waals surface area contributed by atoms with Crippen molar-refractivity contribution in [3.8, 4) is 0 Å². The zero-order valence-corrected chi connectivity index (χ0v) is 14.3. The van der Waals surface area contributed by atoms with Crippen LogP contribution in [0.25, 0.3) is 0 Å². The van der Waals surface area contributed by atoms with Gasteiger partial charge in [0.2, 0.25) is 0 Å². The molecule has 0 saturated heterocycles. The first-order chi connectivity index (χ1) is 11.1. The summed E-state index contributed by atoms with van der Waals surface area (Å²) in [4.78, 5) is 0. The van der Waals surface area contributed by atoms with Crippen LogP contribution in [0.3, 0.4) is 0 Å². The summed E-state index contributed by atoms with van der Waals surface area (Å²) < 4.78 is 25.2. The van der Waals surface area contributed by atoms with Gasteiger partial charge in [-0.25, -0.2) is 0 Å². The molecule has 0 bridgehead atoms. The van der Waals surface area contributed by atoms with Gasteiger partial charge in [0.25, 0.3) is 0 Å². The molecule has 23 heavy (non-hydrogen) atoms. The van der Waals surface area contributed by atoms with Crippen LogP contribution in [0, 0.1) is 0 Å². The number of aliphatic hydroxyl groups is 2. The molecule has 0 aliphatic rings. The Morgan fingerprint density at radius 2 is 1.39 bits per heavy atom. The molecule has 0 heterocycles. The first kappa shape index (κ1) is 24.1. The predicted octanol–water partition coefficient (Wildman–Crippen LogP) is 1.10. The maximum atomic E-state index is 8.26. The molecule has 0 radical (unpaired) electrons. The molecule has 0 aromatic rings. The van der Waals surface area contributed by atoms with E-state index in [-0.39, 0.29) is 25.4 Å². The molecule has 2 unspecified atom stereocenters. The van der Waals surface area contributed by atoms with E-state index in [9.17, 15) is 0 Å². The van der Waals surface area contributed by atoms with Crippen LogP contribution < -0.4 is 0 Å². The van der Waals surface area contributed by atoms with Crippen molar-refractivity contribution >= 4 is 0 Å². The Hall–Kier alpha value is -1.12. The van der Waals surface area contributed by atoms with Crippen LogP contribution in [0.2, 0.25) is 0 Å². The molecule has 2 atom stereocenters. The van der Waals surface area contributed by atoms with Crippen molar-refractivity contribution in [2.45, 2.75) is 26.1 Å². The van der Waals surface area contributed by atoms with E-state index in [2.05, 4.69) is 13.2 Å². The summed E-state index contributed by atoms with van der Waals surface area (Å²) in [5.41, 5.74) is 0. The van der Waals surface area contributed by atoms with Crippen molar-refractivity contribution in [1.82, 2.24) is 0 Å². The van der Waals surface area contributed by atoms with Gasteiger partial charge in [0.1, 0.15) is 12.7 Å². The molecule has 0 spiro atoms. The lowest BCUT2D eigenvalue weighted by Gasteiger charge is -2.16. The highest BCUT2D eigenvalue weighted by molar-refractivity contribution is 4.58. The third-order valence-corrected chi connectivity index (χ3v) is 2.24. The predicted molar refractivity (Wildman–Crippen MR) is 88.1 cm³/mol. The fourth-order valence-corrected chi connectivity index (χ4v) is 1.21. The molecule has 0 aromatic carbocycles. The van der Waals surface area contributed by atoms with Gasteiger partial charge < -0.3 is 33.9 Å². The maximum Gasteiger partial charge on any atom is 0.118 e. The fourth-order valence-electron chi connectivity index (χ4n) is 1.21. The van der Waals surface area contributed by atoms with Gasteiger partial charge in [-0.2, -0.15) is 0 Å². The summed E-state index contributed by atoms with van der Waals surface area (Å²) >= 11 is 0. The highest BCUT2D eigenvalue weighted by Gasteiger charge is 2.05. The quantitative estimate of drug-likeness (QED) is 0.342. The minimum Gasteiger partial charge on any atom is -0.499 e. The molecule has 7 heteroatoms. The third-order valence-electron chi connectivity index (χ3n) is 2.24. The van der Waals surface area contributed by atoms with Gasteiger partial charge in [-0.05, 0) is 13.8 Å². The summed E-state index contributed by atoms with van der Waals surface area (Å²) in [6.45, 7) is 13.5. The summed E-state index contributed by atoms with van der Waals surface area (Å²) in [6.07, 6.45) is 2.90. The fraction of sp³-hybridized carbons (Fsp3) is 0.750. The molecule has 0 fully saturated rings. The first-order valence-electron chi connectivity index (χ1n) is 7.60. The molecule has 0 saturated carbocycles. The Balaban J connectivity index is 0. The van der Waals surface area contributed by atoms with E-state index in [1.54, 1.807) is 0 Å². The standard InChI is InChI=1S/C10H18O3.C6H14O4/c1-5-11-7-9(3)13-8-10(4)12-6-2;7-1-3-9-5-6-10-4-2-8/h5-6,9-10H,1-2,7-8H2,3-4H3;7-8H,1-6H2. The smallest absolute Gasteiger partial charge is 0.118 e. The molecule has 0 aliphatic carbocycles. The van der Waals surface area contributed by atoms with Crippen molar-refractivity contribution in [1.29, 1.82) is 0 Å². The van der Waals surface area contributed by atoms with Crippen LogP contribution in [-0.2, 0) is 23.7 Å². The van der Waals surface area contributed by atoms with Crippen LogP contribution in [-0.4, -0.2) is 75.3 Å². The SMILES string of the molecule is C=COCC(C)OCC(C)OC=C.OCCOCCOCCO. The average molecular weight is 336 g/mol. The van der Waals surface area contributed by atoms with Gasteiger partial charge in [0.05, 0.1) is 64.9 Å². The first-order valence-corrected chi connectivity index (χ1v) is 7.60. The van der Waals surface area contributed by atoms with Crippen LogP contribution in [0.5, 0.6) is 0 Å². The molecular weight excluding hydrogens is 304 g/mol. The number of rotatable bonds is 15. The summed E-state index contributed by atoms with van der Waals surface area (Å²) in [5.74, 6) is 0. The minimum absolute atomic E-state index is 0.0312. The number of aliphatic hydroxyl groups excluding tert-OH is 2. The van der Waals surface area contributed by atoms with Crippen molar-refractivity contribution in [3.05, 3.63) is 25.7 Å². The van der Waals surface area contributed by atoms with Crippen LogP contribution in [0.4, 0.5) is 0 Å². The minimum atomic E-state index is 0.0312. The monoisotopic (exact) mass is 336 g/mol. The zero-order valence-electron chi connectivity index (χ0n) is 14.3. The summed E-state index contributed by atoms with van der Waals surface area (Å²) in [5, 5.41) is 16.5. The van der Waals surface area contributed by atoms with Gasteiger partial charge in [-0.1, -0.05) is 13.2 Å². The lowest BCUT2D eigenvalue weighted by molar-refractivity contribution is -0.0242. The van der Waals surface area contributed by atoms with Crippen LogP contribution >= 0.6 is 0 Å². The molecule has 0 aromatic heterocycles. The molecule has 0 aliphatic heterocycles. The maximum absolute atomic E-state index is 8.26. The lowest BCUT2D eigenvalue weighted by Crippen LogP contribution is -2.21. The normalized spacial score (nSPS) is 12.5. The zero-order chi connectivity index (χ0) is 17.8. The number of hydrogen-bond acceptors (Lipinski definition) is 7. The Morgan fingerprint density at radius 1 is 0.826 bits per heavy atom. The van der Waals surface area contributed by atoms with Gasteiger partial charge in [0, 0.05) is 0 Å². The molecular formula is C16H32O7. The third kappa shape index (κ3) is 23.3. The van der Waals surface area contributed by atoms with Gasteiger partial charge >= 0.3 is 0 Å². The highest BCUT2D eigenvalue weighted by atomic mass is 16.6. The van der Waals surface area contributed by atoms with Gasteiger partial charge in [-0.3, -0.25) is 0 Å². The Bertz CT molecular complexity index is 241. The van der Waals surface area contributed by atoms with E-state index in [1.165, 1.54) is 12.5 Å². The van der Waals surface area contributed by atoms with Crippen LogP contribution in [0.15, 0.2) is 25.7 Å². The second-order valence-corrected chi connectivity index (χ2v) is 4.43. The summed E-state index contributed by atoms with van der Waals surface area (Å²) in [6, 6.07) is 0. The second-order valence-electron chi connectivity index (χ2n) is 4.43. The van der Waals surface area contributed by atoms with E-state index in [4.69, 9.17) is 33.9 Å². The Labute approximate surface area is 139 Å². The topological polar surface area (TPSA) is 86.6 Å². The lowest BCUT2D eigenvalue weighted by atomic mass is 10.4. The van der Waals surface area contributed by atoms with E-state index in [0.29, 0.717) is 39.6 Å². The van der Waals surface area contributed by atoms with Gasteiger partial charge in [-0.15, -0.1) is 0 Å². The highest BCUT2D eigenvalue weighted by Crippen LogP contribution is 1.97. The van der Waals surface area contributed by atoms with Crippen molar-refractivity contribution in [2.24, 2.45) is 0 Å². The average Bonchev–Trinajstić information content (AvgIpc) is 2.55. The van der Waals surface area contributed by atoms with Gasteiger partial charge in [0.15, 0.2) is 0 Å². The molecule has 2 N–H and O–H groups in total. The van der Waals surface area contributed by atoms with Crippen molar-refractivity contribution < 1.29 is 33.9 Å². The number of hydrogen-bond donors (Lipinski definition) is 2. The van der Waals surface area contributed by atoms with E-state index < -0.39 is 0 Å². The molecule has 138 valence electrons. The van der Waals surface area contributed by atoms with E-state index >= 15 is 0 Å². The Morgan fingerprint density at radius 3 is 1.83 bits per heavy atom. The van der Waals surface area contributed by atoms with Crippen LogP contribution in [0.1, 0.15) is 13.8 Å². The van der Waals surface area contributed by atoms with Crippen molar-refractivity contribution in [3.63, 3.8) is 0 Å². The molecule has 0 rings (SSSR count). The second kappa shape index (κ2) is 20.9. The Kier molecular flexibility index (Phi) is 21.9.